The van der Waals surface area contributed by atoms with Crippen molar-refractivity contribution in [2.24, 2.45) is 5.92 Å². The zero-order chi connectivity index (χ0) is 23.6. The largest absolute Gasteiger partial charge is 0.497 e. The van der Waals surface area contributed by atoms with E-state index < -0.39 is 5.54 Å². The Hall–Kier alpha value is -3.51. The molecule has 0 aromatic heterocycles. The number of hydrogen-bond donors (Lipinski definition) is 1. The van der Waals surface area contributed by atoms with Gasteiger partial charge in [0, 0.05) is 28.5 Å². The summed E-state index contributed by atoms with van der Waals surface area (Å²) in [6, 6.07) is 20.2. The van der Waals surface area contributed by atoms with Crippen molar-refractivity contribution in [3.05, 3.63) is 88.4 Å². The highest BCUT2D eigenvalue weighted by molar-refractivity contribution is 6.31. The van der Waals surface area contributed by atoms with Gasteiger partial charge in [-0.05, 0) is 42.8 Å². The molecular weight excluding hydrogens is 452 g/mol. The Morgan fingerprint density at radius 2 is 1.88 bits per heavy atom. The van der Waals surface area contributed by atoms with E-state index in [0.29, 0.717) is 34.4 Å². The van der Waals surface area contributed by atoms with E-state index in [-0.39, 0.29) is 29.7 Å². The van der Waals surface area contributed by atoms with Crippen molar-refractivity contribution >= 4 is 29.1 Å². The van der Waals surface area contributed by atoms with Gasteiger partial charge < -0.3 is 19.7 Å². The molecule has 3 aliphatic heterocycles. The second-order valence-electron chi connectivity index (χ2n) is 9.18. The van der Waals surface area contributed by atoms with Crippen molar-refractivity contribution in [1.82, 2.24) is 4.90 Å². The maximum atomic E-state index is 14.2. The van der Waals surface area contributed by atoms with E-state index in [2.05, 4.69) is 5.32 Å². The number of nitrogens with one attached hydrogen (secondary N) is 1. The lowest BCUT2D eigenvalue weighted by Gasteiger charge is -2.38. The monoisotopic (exact) mass is 474 g/mol. The first kappa shape index (κ1) is 21.1. The summed E-state index contributed by atoms with van der Waals surface area (Å²) in [5.74, 6) is 0.497. The number of carbonyl (C=O) groups excluding carboxylic acids is 2. The van der Waals surface area contributed by atoms with E-state index in [4.69, 9.17) is 21.1 Å². The Labute approximate surface area is 202 Å². The number of nitrogens with zero attached hydrogens (tertiary/aromatic N) is 1. The minimum atomic E-state index is -1.15. The molecule has 3 aromatic rings. The Morgan fingerprint density at radius 1 is 1.09 bits per heavy atom. The Morgan fingerprint density at radius 3 is 2.65 bits per heavy atom. The molecule has 7 heteroatoms. The van der Waals surface area contributed by atoms with E-state index in [1.807, 2.05) is 55.5 Å². The van der Waals surface area contributed by atoms with Crippen LogP contribution in [0, 0.1) is 5.92 Å². The summed E-state index contributed by atoms with van der Waals surface area (Å²) >= 11 is 6.27. The number of anilines is 1. The molecule has 2 amide bonds. The molecule has 6 rings (SSSR count). The first-order chi connectivity index (χ1) is 16.4. The van der Waals surface area contributed by atoms with Gasteiger partial charge in [0.05, 0.1) is 31.0 Å². The summed E-state index contributed by atoms with van der Waals surface area (Å²) in [6.45, 7) is 2.24. The van der Waals surface area contributed by atoms with Gasteiger partial charge in [-0.2, -0.15) is 0 Å². The highest BCUT2D eigenvalue weighted by Crippen LogP contribution is 2.60. The van der Waals surface area contributed by atoms with Crippen molar-refractivity contribution in [1.29, 1.82) is 0 Å². The molecule has 0 aliphatic carbocycles. The van der Waals surface area contributed by atoms with Crippen LogP contribution in [-0.2, 0) is 4.79 Å². The normalized spacial score (nSPS) is 26.9. The van der Waals surface area contributed by atoms with Crippen LogP contribution in [0.1, 0.15) is 40.4 Å². The molecule has 6 nitrogen and oxygen atoms in total. The lowest BCUT2D eigenvalue weighted by Crippen LogP contribution is -2.54. The summed E-state index contributed by atoms with van der Waals surface area (Å²) in [4.78, 5) is 29.9. The fourth-order valence-corrected chi connectivity index (χ4v) is 6.16. The molecule has 0 saturated carbocycles. The zero-order valence-corrected chi connectivity index (χ0v) is 19.5. The highest BCUT2D eigenvalue weighted by Gasteiger charge is 2.65. The smallest absolute Gasteiger partial charge is 0.257 e. The lowest BCUT2D eigenvalue weighted by atomic mass is 9.73. The second kappa shape index (κ2) is 7.50. The van der Waals surface area contributed by atoms with Gasteiger partial charge in [-0.3, -0.25) is 9.59 Å². The molecule has 0 bridgehead atoms. The number of hydrogen-bond acceptors (Lipinski definition) is 4. The molecule has 1 N–H and O–H groups in total. The van der Waals surface area contributed by atoms with Crippen LogP contribution in [0.2, 0.25) is 5.02 Å². The Bertz CT molecular complexity index is 1330. The van der Waals surface area contributed by atoms with Crippen LogP contribution in [-0.4, -0.2) is 36.0 Å². The molecule has 3 heterocycles. The summed E-state index contributed by atoms with van der Waals surface area (Å²) in [7, 11) is 1.61. The zero-order valence-electron chi connectivity index (χ0n) is 18.7. The average molecular weight is 475 g/mol. The third-order valence-corrected chi connectivity index (χ3v) is 7.72. The van der Waals surface area contributed by atoms with Crippen LogP contribution in [0.15, 0.2) is 66.7 Å². The van der Waals surface area contributed by atoms with Gasteiger partial charge in [-0.15, -0.1) is 0 Å². The molecule has 4 atom stereocenters. The van der Waals surface area contributed by atoms with Gasteiger partial charge in [0.2, 0.25) is 0 Å². The Kier molecular flexibility index (Phi) is 4.64. The van der Waals surface area contributed by atoms with E-state index in [9.17, 15) is 9.59 Å². The number of ether oxygens (including phenoxy) is 2. The molecule has 34 heavy (non-hydrogen) atoms. The van der Waals surface area contributed by atoms with Crippen LogP contribution in [0.5, 0.6) is 11.5 Å². The number of fused-ring (bicyclic) bond motifs is 6. The van der Waals surface area contributed by atoms with Crippen LogP contribution < -0.4 is 14.8 Å². The first-order valence-electron chi connectivity index (χ1n) is 11.2. The van der Waals surface area contributed by atoms with Crippen molar-refractivity contribution in [3.8, 4) is 11.5 Å². The molecule has 0 spiro atoms. The number of methoxy groups -OCH3 is 1. The number of halogens is 1. The quantitative estimate of drug-likeness (QED) is 0.564. The molecule has 3 aliphatic rings. The Balaban J connectivity index is 1.61. The van der Waals surface area contributed by atoms with Crippen molar-refractivity contribution in [3.63, 3.8) is 0 Å². The second-order valence-corrected chi connectivity index (χ2v) is 9.61. The molecule has 0 unspecified atom stereocenters. The van der Waals surface area contributed by atoms with Crippen LogP contribution in [0.4, 0.5) is 5.69 Å². The molecule has 0 radical (unpaired) electrons. The topological polar surface area (TPSA) is 67.9 Å². The van der Waals surface area contributed by atoms with Gasteiger partial charge in [0.1, 0.15) is 17.0 Å². The molecular formula is C27H23ClN2O4. The van der Waals surface area contributed by atoms with E-state index in [1.165, 1.54) is 0 Å². The minimum Gasteiger partial charge on any atom is -0.497 e. The van der Waals surface area contributed by atoms with E-state index in [0.717, 1.165) is 11.1 Å². The van der Waals surface area contributed by atoms with Crippen molar-refractivity contribution in [2.75, 3.05) is 19.0 Å². The van der Waals surface area contributed by atoms with Crippen molar-refractivity contribution < 1.29 is 19.1 Å². The predicted molar refractivity (Wildman–Crippen MR) is 129 cm³/mol. The number of rotatable bonds is 2. The average Bonchev–Trinajstić information content (AvgIpc) is 3.10. The van der Waals surface area contributed by atoms with Gasteiger partial charge >= 0.3 is 0 Å². The van der Waals surface area contributed by atoms with E-state index in [1.54, 1.807) is 30.2 Å². The molecule has 1 fully saturated rings. The van der Waals surface area contributed by atoms with E-state index >= 15 is 0 Å². The van der Waals surface area contributed by atoms with Crippen LogP contribution in [0.3, 0.4) is 0 Å². The van der Waals surface area contributed by atoms with Crippen LogP contribution >= 0.6 is 11.6 Å². The summed E-state index contributed by atoms with van der Waals surface area (Å²) in [5, 5.41) is 3.46. The molecule has 3 aromatic carbocycles. The third-order valence-electron chi connectivity index (χ3n) is 7.49. The molecule has 172 valence electrons. The lowest BCUT2D eigenvalue weighted by molar-refractivity contribution is -0.125. The fourth-order valence-electron chi connectivity index (χ4n) is 5.98. The van der Waals surface area contributed by atoms with Crippen LogP contribution in [0.25, 0.3) is 0 Å². The number of amides is 2. The summed E-state index contributed by atoms with van der Waals surface area (Å²) in [5.41, 5.74) is 1.58. The van der Waals surface area contributed by atoms with Crippen molar-refractivity contribution in [2.45, 2.75) is 24.4 Å². The third kappa shape index (κ3) is 2.81. The first-order valence-corrected chi connectivity index (χ1v) is 11.6. The van der Waals surface area contributed by atoms with Gasteiger partial charge in [0.15, 0.2) is 0 Å². The highest BCUT2D eigenvalue weighted by atomic mass is 35.5. The number of benzene rings is 3. The van der Waals surface area contributed by atoms with Gasteiger partial charge in [-0.25, -0.2) is 0 Å². The number of carbonyl (C=O) groups is 2. The van der Waals surface area contributed by atoms with Gasteiger partial charge in [0.25, 0.3) is 11.8 Å². The predicted octanol–water partition coefficient (Wildman–Crippen LogP) is 5.05. The maximum Gasteiger partial charge on any atom is 0.257 e. The SMILES string of the molecule is COc1ccc2c(c1)OC[C@H]1[C@H]2N2C(=O)c3cc(Cl)ccc3NC(=O)[C@@]2(C)[C@H]1c1ccccc1. The summed E-state index contributed by atoms with van der Waals surface area (Å²) in [6.07, 6.45) is 0. The fraction of sp³-hybridized carbons (Fsp3) is 0.259. The summed E-state index contributed by atoms with van der Waals surface area (Å²) < 4.78 is 11.6. The maximum absolute atomic E-state index is 14.2. The minimum absolute atomic E-state index is 0.122. The van der Waals surface area contributed by atoms with Gasteiger partial charge in [-0.1, -0.05) is 41.9 Å². The molecule has 1 saturated heterocycles. The standard InChI is InChI=1S/C27H23ClN2O4/c1-27-23(15-6-4-3-5-7-15)20-14-34-22-13-17(33-2)9-10-18(22)24(20)30(27)25(31)19-12-16(28)8-11-21(19)29-26(27)32/h3-13,20,23-24H,14H2,1-2H3,(H,29,32)/t20-,23+,24+,27-/m1/s1.